The highest BCUT2D eigenvalue weighted by Gasteiger charge is 2.12. The number of nitriles is 1. The van der Waals surface area contributed by atoms with Crippen LogP contribution in [0.25, 0.3) is 0 Å². The van der Waals surface area contributed by atoms with Crippen molar-refractivity contribution in [2.75, 3.05) is 0 Å². The van der Waals surface area contributed by atoms with Gasteiger partial charge in [-0.2, -0.15) is 10.4 Å². The van der Waals surface area contributed by atoms with Crippen LogP contribution in [0.2, 0.25) is 0 Å². The van der Waals surface area contributed by atoms with E-state index in [9.17, 15) is 0 Å². The highest BCUT2D eigenvalue weighted by molar-refractivity contribution is 5.20. The Hall–Kier alpha value is -2.08. The molecule has 0 aliphatic rings. The van der Waals surface area contributed by atoms with Crippen LogP contribution in [-0.2, 0) is 0 Å². The van der Waals surface area contributed by atoms with Crippen LogP contribution in [0, 0.1) is 11.3 Å². The summed E-state index contributed by atoms with van der Waals surface area (Å²) in [6, 6.07) is 14.0. The summed E-state index contributed by atoms with van der Waals surface area (Å²) in [6.07, 6.45) is 4.05. The van der Waals surface area contributed by atoms with Gasteiger partial charge >= 0.3 is 0 Å². The molecule has 0 amide bonds. The SMILES string of the molecule is N#CCC(c1ccccc1)n1cccn1. The van der Waals surface area contributed by atoms with Crippen LogP contribution in [0.4, 0.5) is 0 Å². The maximum absolute atomic E-state index is 8.81. The van der Waals surface area contributed by atoms with Gasteiger partial charge in [0.25, 0.3) is 0 Å². The van der Waals surface area contributed by atoms with Gasteiger partial charge in [-0.25, -0.2) is 0 Å². The average Bonchev–Trinajstić information content (AvgIpc) is 2.80. The lowest BCUT2D eigenvalue weighted by Crippen LogP contribution is -2.10. The summed E-state index contributed by atoms with van der Waals surface area (Å²) in [4.78, 5) is 0. The van der Waals surface area contributed by atoms with Gasteiger partial charge in [-0.3, -0.25) is 4.68 Å². The summed E-state index contributed by atoms with van der Waals surface area (Å²) < 4.78 is 1.82. The van der Waals surface area contributed by atoms with E-state index in [1.165, 1.54) is 0 Å². The molecule has 0 aliphatic heterocycles. The van der Waals surface area contributed by atoms with Gasteiger partial charge in [-0.1, -0.05) is 30.3 Å². The van der Waals surface area contributed by atoms with E-state index in [-0.39, 0.29) is 6.04 Å². The predicted octanol–water partition coefficient (Wildman–Crippen LogP) is 2.39. The van der Waals surface area contributed by atoms with Crippen LogP contribution in [0.3, 0.4) is 0 Å². The molecule has 74 valence electrons. The van der Waals surface area contributed by atoms with Crippen molar-refractivity contribution in [3.05, 3.63) is 54.4 Å². The lowest BCUT2D eigenvalue weighted by Gasteiger charge is -2.14. The summed E-state index contributed by atoms with van der Waals surface area (Å²) in [5, 5.41) is 13.0. The third-order valence-electron chi connectivity index (χ3n) is 2.31. The lowest BCUT2D eigenvalue weighted by molar-refractivity contribution is 0.532. The van der Waals surface area contributed by atoms with E-state index in [2.05, 4.69) is 11.2 Å². The molecule has 3 heteroatoms. The van der Waals surface area contributed by atoms with Crippen molar-refractivity contribution in [2.24, 2.45) is 0 Å². The highest BCUT2D eigenvalue weighted by atomic mass is 15.3. The lowest BCUT2D eigenvalue weighted by atomic mass is 10.1. The predicted molar refractivity (Wildman–Crippen MR) is 57.0 cm³/mol. The topological polar surface area (TPSA) is 41.6 Å². The Labute approximate surface area is 88.6 Å². The van der Waals surface area contributed by atoms with Crippen LogP contribution >= 0.6 is 0 Å². The summed E-state index contributed by atoms with van der Waals surface area (Å²) >= 11 is 0. The molecule has 2 rings (SSSR count). The van der Waals surface area contributed by atoms with Crippen LogP contribution in [0.15, 0.2) is 48.8 Å². The molecule has 0 aliphatic carbocycles. The van der Waals surface area contributed by atoms with Gasteiger partial charge < -0.3 is 0 Å². The van der Waals surface area contributed by atoms with Gasteiger partial charge in [0.2, 0.25) is 0 Å². The van der Waals surface area contributed by atoms with Gasteiger partial charge in [-0.15, -0.1) is 0 Å². The molecule has 0 fully saturated rings. The Bertz CT molecular complexity index is 439. The quantitative estimate of drug-likeness (QED) is 0.758. The normalized spacial score (nSPS) is 11.9. The van der Waals surface area contributed by atoms with E-state index in [0.717, 1.165) is 5.56 Å². The van der Waals surface area contributed by atoms with Crippen molar-refractivity contribution < 1.29 is 0 Å². The fourth-order valence-electron chi connectivity index (χ4n) is 1.59. The molecule has 0 saturated heterocycles. The average molecular weight is 197 g/mol. The Morgan fingerprint density at radius 3 is 2.67 bits per heavy atom. The molecule has 0 spiro atoms. The number of benzene rings is 1. The van der Waals surface area contributed by atoms with Gasteiger partial charge in [-0.05, 0) is 11.6 Å². The monoisotopic (exact) mass is 197 g/mol. The molecule has 1 heterocycles. The minimum atomic E-state index is 0.0196. The molecule has 1 aromatic heterocycles. The van der Waals surface area contributed by atoms with Crippen LogP contribution in [0.1, 0.15) is 18.0 Å². The summed E-state index contributed by atoms with van der Waals surface area (Å²) in [7, 11) is 0. The largest absolute Gasteiger partial charge is 0.264 e. The second-order valence-electron chi connectivity index (χ2n) is 3.27. The molecular weight excluding hydrogens is 186 g/mol. The first-order valence-electron chi connectivity index (χ1n) is 4.83. The molecule has 0 saturated carbocycles. The Morgan fingerprint density at radius 2 is 2.07 bits per heavy atom. The third-order valence-corrected chi connectivity index (χ3v) is 2.31. The second-order valence-corrected chi connectivity index (χ2v) is 3.27. The van der Waals surface area contributed by atoms with E-state index < -0.39 is 0 Å². The molecule has 1 unspecified atom stereocenters. The van der Waals surface area contributed by atoms with Crippen LogP contribution in [-0.4, -0.2) is 9.78 Å². The van der Waals surface area contributed by atoms with Gasteiger partial charge in [0.15, 0.2) is 0 Å². The highest BCUT2D eigenvalue weighted by Crippen LogP contribution is 2.19. The fourth-order valence-corrected chi connectivity index (χ4v) is 1.59. The first-order valence-corrected chi connectivity index (χ1v) is 4.83. The van der Waals surface area contributed by atoms with Crippen molar-refractivity contribution in [3.63, 3.8) is 0 Å². The maximum Gasteiger partial charge on any atom is 0.0898 e. The zero-order valence-corrected chi connectivity index (χ0v) is 8.24. The van der Waals surface area contributed by atoms with Crippen molar-refractivity contribution in [3.8, 4) is 6.07 Å². The molecule has 1 aromatic carbocycles. The number of aromatic nitrogens is 2. The molecule has 0 N–H and O–H groups in total. The smallest absolute Gasteiger partial charge is 0.0898 e. The number of hydrogen-bond acceptors (Lipinski definition) is 2. The summed E-state index contributed by atoms with van der Waals surface area (Å²) in [6.45, 7) is 0. The molecule has 1 atom stereocenters. The summed E-state index contributed by atoms with van der Waals surface area (Å²) in [5.41, 5.74) is 1.11. The van der Waals surface area contributed by atoms with Gasteiger partial charge in [0.1, 0.15) is 0 Å². The zero-order valence-electron chi connectivity index (χ0n) is 8.24. The number of rotatable bonds is 3. The van der Waals surface area contributed by atoms with Crippen molar-refractivity contribution in [1.82, 2.24) is 9.78 Å². The number of hydrogen-bond donors (Lipinski definition) is 0. The molecule has 0 radical (unpaired) electrons. The molecule has 15 heavy (non-hydrogen) atoms. The third kappa shape index (κ3) is 2.05. The van der Waals surface area contributed by atoms with Crippen molar-refractivity contribution in [2.45, 2.75) is 12.5 Å². The van der Waals surface area contributed by atoms with E-state index in [1.807, 2.05) is 47.3 Å². The number of nitrogens with zero attached hydrogens (tertiary/aromatic N) is 3. The first kappa shape index (κ1) is 9.47. The van der Waals surface area contributed by atoms with Crippen LogP contribution < -0.4 is 0 Å². The van der Waals surface area contributed by atoms with E-state index in [4.69, 9.17) is 5.26 Å². The molecule has 2 aromatic rings. The van der Waals surface area contributed by atoms with E-state index >= 15 is 0 Å². The second kappa shape index (κ2) is 4.43. The Morgan fingerprint density at radius 1 is 1.27 bits per heavy atom. The molecular formula is C12H11N3. The van der Waals surface area contributed by atoms with Gasteiger partial charge in [0.05, 0.1) is 18.5 Å². The maximum atomic E-state index is 8.81. The molecule has 0 bridgehead atoms. The fraction of sp³-hybridized carbons (Fsp3) is 0.167. The van der Waals surface area contributed by atoms with Crippen molar-refractivity contribution in [1.29, 1.82) is 5.26 Å². The first-order chi connectivity index (χ1) is 7.42. The standard InChI is InChI=1S/C12H11N3/c13-8-7-12(15-10-4-9-14-15)11-5-2-1-3-6-11/h1-6,9-10,12H,7H2. The van der Waals surface area contributed by atoms with Gasteiger partial charge in [0, 0.05) is 12.4 Å². The zero-order chi connectivity index (χ0) is 10.5. The Balaban J connectivity index is 2.33. The van der Waals surface area contributed by atoms with Crippen molar-refractivity contribution >= 4 is 0 Å². The van der Waals surface area contributed by atoms with Crippen LogP contribution in [0.5, 0.6) is 0 Å². The van der Waals surface area contributed by atoms with E-state index in [0.29, 0.717) is 6.42 Å². The Kier molecular flexibility index (Phi) is 2.80. The minimum absolute atomic E-state index is 0.0196. The minimum Gasteiger partial charge on any atom is -0.264 e. The summed E-state index contributed by atoms with van der Waals surface area (Å²) in [5.74, 6) is 0. The molecule has 3 nitrogen and oxygen atoms in total. The van der Waals surface area contributed by atoms with E-state index in [1.54, 1.807) is 6.20 Å².